The van der Waals surface area contributed by atoms with Crippen molar-refractivity contribution in [2.75, 3.05) is 6.61 Å². The molecule has 3 N–H and O–H groups in total. The standard InChI is InChI=1S/C52H95NO5/c1-4-7-10-13-16-19-21-22-23-24-25-26-27-28-30-33-36-39-42-45-52(57)58-48(43-40-37-34-32-29-20-17-14-11-8-5-2)46-51(56)53-49(47-54)50(55)44-41-38-35-31-18-15-12-9-6-3/h8,11,14,17,20,22-23,29,48-50,54-55H,4-7,9-10,12-13,15-16,18-19,21,24-28,30-47H2,1-3H3,(H,53,56)/b11-8+,17-14+,23-22+,29-20-. The Bertz CT molecular complexity index is 1000. The van der Waals surface area contributed by atoms with E-state index in [4.69, 9.17) is 4.74 Å². The molecule has 0 aromatic carbocycles. The summed E-state index contributed by atoms with van der Waals surface area (Å²) in [6.07, 6.45) is 54.7. The van der Waals surface area contributed by atoms with Crippen LogP contribution in [-0.2, 0) is 14.3 Å². The first-order chi connectivity index (χ1) is 28.5. The second-order valence-electron chi connectivity index (χ2n) is 16.9. The van der Waals surface area contributed by atoms with E-state index in [-0.39, 0.29) is 24.9 Å². The molecule has 1 amide bonds. The van der Waals surface area contributed by atoms with E-state index in [2.05, 4.69) is 62.5 Å². The number of carbonyl (C=O) groups excluding carboxylic acids is 2. The smallest absolute Gasteiger partial charge is 0.306 e. The van der Waals surface area contributed by atoms with Crippen molar-refractivity contribution in [1.82, 2.24) is 5.32 Å². The zero-order chi connectivity index (χ0) is 42.4. The first kappa shape index (κ1) is 55.8. The van der Waals surface area contributed by atoms with Crippen LogP contribution in [0.4, 0.5) is 0 Å². The quantitative estimate of drug-likeness (QED) is 0.0246. The minimum Gasteiger partial charge on any atom is -0.462 e. The van der Waals surface area contributed by atoms with Crippen molar-refractivity contribution in [1.29, 1.82) is 0 Å². The van der Waals surface area contributed by atoms with Gasteiger partial charge in [-0.05, 0) is 70.6 Å². The molecule has 0 saturated heterocycles. The normalized spacial score (nSPS) is 13.7. The van der Waals surface area contributed by atoms with Crippen LogP contribution in [0.5, 0.6) is 0 Å². The highest BCUT2D eigenvalue weighted by Crippen LogP contribution is 2.17. The highest BCUT2D eigenvalue weighted by atomic mass is 16.5. The largest absolute Gasteiger partial charge is 0.462 e. The van der Waals surface area contributed by atoms with Crippen LogP contribution in [0.2, 0.25) is 0 Å². The molecule has 0 aromatic rings. The molecular weight excluding hydrogens is 719 g/mol. The van der Waals surface area contributed by atoms with Crippen LogP contribution in [0.3, 0.4) is 0 Å². The lowest BCUT2D eigenvalue weighted by atomic mass is 10.0. The molecule has 0 saturated carbocycles. The Morgan fingerprint density at radius 2 is 0.948 bits per heavy atom. The van der Waals surface area contributed by atoms with Gasteiger partial charge in [-0.1, -0.05) is 211 Å². The van der Waals surface area contributed by atoms with Gasteiger partial charge >= 0.3 is 5.97 Å². The predicted molar refractivity (Wildman–Crippen MR) is 250 cm³/mol. The number of carbonyl (C=O) groups is 2. The summed E-state index contributed by atoms with van der Waals surface area (Å²) in [4.78, 5) is 26.0. The van der Waals surface area contributed by atoms with Crippen LogP contribution in [0, 0.1) is 0 Å². The van der Waals surface area contributed by atoms with Crippen LogP contribution in [0.25, 0.3) is 0 Å². The number of rotatable bonds is 44. The van der Waals surface area contributed by atoms with Crippen molar-refractivity contribution in [3.05, 3.63) is 48.6 Å². The zero-order valence-electron chi connectivity index (χ0n) is 38.4. The number of hydrogen-bond donors (Lipinski definition) is 3. The molecular formula is C52H95NO5. The van der Waals surface area contributed by atoms with E-state index in [1.807, 2.05) is 12.2 Å². The van der Waals surface area contributed by atoms with Gasteiger partial charge in [-0.2, -0.15) is 0 Å². The van der Waals surface area contributed by atoms with E-state index in [0.29, 0.717) is 19.3 Å². The number of esters is 1. The summed E-state index contributed by atoms with van der Waals surface area (Å²) in [5, 5.41) is 23.6. The summed E-state index contributed by atoms with van der Waals surface area (Å²) in [5.74, 6) is -0.510. The average molecular weight is 814 g/mol. The van der Waals surface area contributed by atoms with Gasteiger partial charge in [-0.3, -0.25) is 9.59 Å². The van der Waals surface area contributed by atoms with Crippen molar-refractivity contribution in [2.45, 2.75) is 264 Å². The van der Waals surface area contributed by atoms with Gasteiger partial charge < -0.3 is 20.3 Å². The molecule has 0 bridgehead atoms. The predicted octanol–water partition coefficient (Wildman–Crippen LogP) is 14.7. The lowest BCUT2D eigenvalue weighted by molar-refractivity contribution is -0.151. The maximum absolute atomic E-state index is 13.1. The summed E-state index contributed by atoms with van der Waals surface area (Å²) < 4.78 is 5.90. The molecule has 0 radical (unpaired) electrons. The van der Waals surface area contributed by atoms with Crippen LogP contribution < -0.4 is 5.32 Å². The molecule has 3 atom stereocenters. The monoisotopic (exact) mass is 814 g/mol. The fourth-order valence-corrected chi connectivity index (χ4v) is 7.42. The molecule has 6 heteroatoms. The van der Waals surface area contributed by atoms with Crippen molar-refractivity contribution >= 4 is 11.9 Å². The van der Waals surface area contributed by atoms with Gasteiger partial charge in [0.05, 0.1) is 25.2 Å². The van der Waals surface area contributed by atoms with E-state index in [0.717, 1.165) is 70.6 Å². The first-order valence-electron chi connectivity index (χ1n) is 24.9. The van der Waals surface area contributed by atoms with E-state index in [1.165, 1.54) is 128 Å². The number of aliphatic hydroxyl groups excluding tert-OH is 2. The Labute approximate surface area is 359 Å². The van der Waals surface area contributed by atoms with Crippen molar-refractivity contribution in [2.24, 2.45) is 0 Å². The molecule has 58 heavy (non-hydrogen) atoms. The molecule has 0 aliphatic rings. The second-order valence-corrected chi connectivity index (χ2v) is 16.9. The van der Waals surface area contributed by atoms with Gasteiger partial charge in [0.25, 0.3) is 0 Å². The molecule has 0 aromatic heterocycles. The van der Waals surface area contributed by atoms with Crippen molar-refractivity contribution in [3.8, 4) is 0 Å². The van der Waals surface area contributed by atoms with Crippen LogP contribution in [-0.4, -0.2) is 46.9 Å². The lowest BCUT2D eigenvalue weighted by Gasteiger charge is -2.24. The molecule has 0 aliphatic carbocycles. The van der Waals surface area contributed by atoms with Crippen LogP contribution in [0.15, 0.2) is 48.6 Å². The maximum Gasteiger partial charge on any atom is 0.306 e. The molecule has 0 fully saturated rings. The Morgan fingerprint density at radius 3 is 1.47 bits per heavy atom. The second kappa shape index (κ2) is 45.9. The Balaban J connectivity index is 4.50. The maximum atomic E-state index is 13.1. The molecule has 0 heterocycles. The first-order valence-corrected chi connectivity index (χ1v) is 24.9. The number of allylic oxidation sites excluding steroid dienone is 8. The summed E-state index contributed by atoms with van der Waals surface area (Å²) >= 11 is 0. The van der Waals surface area contributed by atoms with E-state index >= 15 is 0 Å². The molecule has 0 rings (SSSR count). The Kier molecular flexibility index (Phi) is 44.2. The molecule has 3 unspecified atom stereocenters. The lowest BCUT2D eigenvalue weighted by Crippen LogP contribution is -2.46. The minimum atomic E-state index is -0.795. The van der Waals surface area contributed by atoms with Gasteiger partial charge in [0.2, 0.25) is 5.91 Å². The van der Waals surface area contributed by atoms with E-state index < -0.39 is 18.2 Å². The highest BCUT2D eigenvalue weighted by molar-refractivity contribution is 5.77. The van der Waals surface area contributed by atoms with Crippen molar-refractivity contribution in [3.63, 3.8) is 0 Å². The molecule has 6 nitrogen and oxygen atoms in total. The van der Waals surface area contributed by atoms with Crippen molar-refractivity contribution < 1.29 is 24.5 Å². The highest BCUT2D eigenvalue weighted by Gasteiger charge is 2.24. The number of hydrogen-bond acceptors (Lipinski definition) is 5. The third kappa shape index (κ3) is 40.6. The topological polar surface area (TPSA) is 95.9 Å². The summed E-state index contributed by atoms with van der Waals surface area (Å²) in [6.45, 7) is 6.31. The Morgan fingerprint density at radius 1 is 0.517 bits per heavy atom. The fraction of sp³-hybridized carbons (Fsp3) is 0.808. The molecule has 0 aliphatic heterocycles. The van der Waals surface area contributed by atoms with Gasteiger partial charge in [0, 0.05) is 6.42 Å². The Hall–Kier alpha value is -2.18. The number of ether oxygens (including phenoxy) is 1. The zero-order valence-corrected chi connectivity index (χ0v) is 38.4. The van der Waals surface area contributed by atoms with Gasteiger partial charge in [0.1, 0.15) is 6.10 Å². The fourth-order valence-electron chi connectivity index (χ4n) is 7.42. The van der Waals surface area contributed by atoms with Gasteiger partial charge in [0.15, 0.2) is 0 Å². The van der Waals surface area contributed by atoms with Gasteiger partial charge in [-0.25, -0.2) is 0 Å². The minimum absolute atomic E-state index is 0.0540. The summed E-state index contributed by atoms with van der Waals surface area (Å²) in [6, 6.07) is -0.710. The third-order valence-electron chi connectivity index (χ3n) is 11.2. The number of amides is 1. The third-order valence-corrected chi connectivity index (χ3v) is 11.2. The van der Waals surface area contributed by atoms with Crippen LogP contribution >= 0.6 is 0 Å². The summed E-state index contributed by atoms with van der Waals surface area (Å²) in [7, 11) is 0. The molecule has 338 valence electrons. The molecule has 0 spiro atoms. The van der Waals surface area contributed by atoms with Crippen LogP contribution in [0.1, 0.15) is 245 Å². The van der Waals surface area contributed by atoms with E-state index in [1.54, 1.807) is 0 Å². The SMILES string of the molecule is CC/C=C/C=C/C=C\CCCCCC(CC(=O)NC(CO)C(O)CCCCCCCCCCC)OC(=O)CCCCCCCCCCC/C=C/CCCCCCCC. The summed E-state index contributed by atoms with van der Waals surface area (Å²) in [5.41, 5.74) is 0. The van der Waals surface area contributed by atoms with E-state index in [9.17, 15) is 19.8 Å². The number of nitrogens with one attached hydrogen (secondary N) is 1. The number of unbranched alkanes of at least 4 members (excludes halogenated alkanes) is 26. The van der Waals surface area contributed by atoms with Gasteiger partial charge in [-0.15, -0.1) is 0 Å². The average Bonchev–Trinajstić information content (AvgIpc) is 3.22. The number of aliphatic hydroxyl groups is 2.